The van der Waals surface area contributed by atoms with Crippen molar-refractivity contribution in [3.05, 3.63) is 34.4 Å². The quantitative estimate of drug-likeness (QED) is 0.766. The highest BCUT2D eigenvalue weighted by atomic mass is 32.2. The van der Waals surface area contributed by atoms with E-state index in [1.54, 1.807) is 6.07 Å². The van der Waals surface area contributed by atoms with Gasteiger partial charge in [0.05, 0.1) is 0 Å². The van der Waals surface area contributed by atoms with Gasteiger partial charge in [0.25, 0.3) is 10.1 Å². The predicted octanol–water partition coefficient (Wildman–Crippen LogP) is 2.00. The number of hydrogen-bond acceptors (Lipinski definition) is 2. The summed E-state index contributed by atoms with van der Waals surface area (Å²) >= 11 is 0. The minimum Gasteiger partial charge on any atom is -0.285 e. The van der Waals surface area contributed by atoms with E-state index in [2.05, 4.69) is 0 Å². The van der Waals surface area contributed by atoms with E-state index < -0.39 is 10.1 Å². The van der Waals surface area contributed by atoms with Gasteiger partial charge in [-0.1, -0.05) is 12.1 Å². The molecule has 78 valence electrons. The Bertz CT molecular complexity index is 447. The van der Waals surface area contributed by atoms with Crippen LogP contribution in [-0.4, -0.2) is 13.0 Å². The lowest BCUT2D eigenvalue weighted by molar-refractivity contribution is 0.482. The van der Waals surface area contributed by atoms with Crippen molar-refractivity contribution < 1.29 is 13.0 Å². The smallest absolute Gasteiger partial charge is 0.269 e. The maximum absolute atomic E-state index is 10.7. The lowest BCUT2D eigenvalue weighted by atomic mass is 10.00. The molecule has 3 nitrogen and oxygen atoms in total. The molecule has 0 aromatic heterocycles. The summed E-state index contributed by atoms with van der Waals surface area (Å²) in [5, 5.41) is 0. The summed E-state index contributed by atoms with van der Waals surface area (Å²) < 4.78 is 30.1. The minimum absolute atomic E-state index is 0.306. The van der Waals surface area contributed by atoms with Gasteiger partial charge in [-0.15, -0.1) is 0 Å². The Balaban J connectivity index is 3.19. The van der Waals surface area contributed by atoms with E-state index in [4.69, 9.17) is 4.55 Å². The van der Waals surface area contributed by atoms with Crippen molar-refractivity contribution >= 4 is 10.1 Å². The van der Waals surface area contributed by atoms with Crippen molar-refractivity contribution in [1.82, 2.24) is 0 Å². The second-order valence-electron chi connectivity index (χ2n) is 3.52. The molecule has 0 atom stereocenters. The van der Waals surface area contributed by atoms with Crippen molar-refractivity contribution in [3.8, 4) is 0 Å². The first-order chi connectivity index (χ1) is 6.31. The topological polar surface area (TPSA) is 54.4 Å². The van der Waals surface area contributed by atoms with E-state index in [0.717, 1.165) is 16.7 Å². The van der Waals surface area contributed by atoms with Crippen LogP contribution in [0.25, 0.3) is 0 Å². The largest absolute Gasteiger partial charge is 0.285 e. The second-order valence-corrected chi connectivity index (χ2v) is 4.97. The van der Waals surface area contributed by atoms with E-state index in [9.17, 15) is 8.42 Å². The molecule has 0 aliphatic carbocycles. The number of aryl methyl sites for hydroxylation is 1. The van der Waals surface area contributed by atoms with Gasteiger partial charge >= 0.3 is 0 Å². The molecule has 0 unspecified atom stereocenters. The number of hydrogen-bond donors (Lipinski definition) is 1. The normalized spacial score (nSPS) is 11.7. The average Bonchev–Trinajstić information content (AvgIpc) is 2.04. The molecule has 1 aromatic rings. The molecule has 0 spiro atoms. The van der Waals surface area contributed by atoms with Crippen molar-refractivity contribution in [2.45, 2.75) is 26.5 Å². The average molecular weight is 214 g/mol. The third kappa shape index (κ3) is 2.56. The highest BCUT2D eigenvalue weighted by Crippen LogP contribution is 2.18. The Labute approximate surface area is 84.5 Å². The Morgan fingerprint density at radius 1 is 1.14 bits per heavy atom. The summed E-state index contributed by atoms with van der Waals surface area (Å²) in [6, 6.07) is 3.61. The highest BCUT2D eigenvalue weighted by molar-refractivity contribution is 7.85. The first-order valence-electron chi connectivity index (χ1n) is 4.32. The van der Waals surface area contributed by atoms with Gasteiger partial charge < -0.3 is 0 Å². The standard InChI is InChI=1S/C10H14O3S/c1-7-4-5-10(6-14(11,12)13)9(3)8(7)2/h4-5H,6H2,1-3H3,(H,11,12,13). The van der Waals surface area contributed by atoms with Crippen LogP contribution in [0.1, 0.15) is 22.3 Å². The van der Waals surface area contributed by atoms with Gasteiger partial charge in [-0.3, -0.25) is 4.55 Å². The Morgan fingerprint density at radius 2 is 1.71 bits per heavy atom. The van der Waals surface area contributed by atoms with Crippen LogP contribution in [0.15, 0.2) is 12.1 Å². The lowest BCUT2D eigenvalue weighted by Crippen LogP contribution is -2.04. The van der Waals surface area contributed by atoms with Gasteiger partial charge in [0, 0.05) is 0 Å². The van der Waals surface area contributed by atoms with Crippen LogP contribution >= 0.6 is 0 Å². The van der Waals surface area contributed by atoms with Crippen LogP contribution in [0.2, 0.25) is 0 Å². The van der Waals surface area contributed by atoms with Crippen LogP contribution in [0, 0.1) is 20.8 Å². The van der Waals surface area contributed by atoms with Crippen LogP contribution < -0.4 is 0 Å². The molecule has 0 fully saturated rings. The van der Waals surface area contributed by atoms with Crippen molar-refractivity contribution in [2.24, 2.45) is 0 Å². The Kier molecular flexibility index (Phi) is 2.97. The van der Waals surface area contributed by atoms with Gasteiger partial charge in [0.15, 0.2) is 0 Å². The Morgan fingerprint density at radius 3 is 2.21 bits per heavy atom. The maximum atomic E-state index is 10.7. The van der Waals surface area contributed by atoms with Crippen LogP contribution in [0.5, 0.6) is 0 Å². The van der Waals surface area contributed by atoms with Gasteiger partial charge in [0.1, 0.15) is 5.75 Å². The maximum Gasteiger partial charge on any atom is 0.269 e. The fourth-order valence-corrected chi connectivity index (χ4v) is 2.07. The molecule has 1 N–H and O–H groups in total. The summed E-state index contributed by atoms with van der Waals surface area (Å²) in [4.78, 5) is 0. The molecular weight excluding hydrogens is 200 g/mol. The first-order valence-corrected chi connectivity index (χ1v) is 5.93. The zero-order valence-corrected chi connectivity index (χ0v) is 9.35. The van der Waals surface area contributed by atoms with Gasteiger partial charge in [-0.2, -0.15) is 8.42 Å². The molecule has 14 heavy (non-hydrogen) atoms. The highest BCUT2D eigenvalue weighted by Gasteiger charge is 2.10. The van der Waals surface area contributed by atoms with Gasteiger partial charge in [-0.05, 0) is 43.0 Å². The summed E-state index contributed by atoms with van der Waals surface area (Å²) in [6.45, 7) is 5.78. The zero-order valence-electron chi connectivity index (χ0n) is 8.53. The van der Waals surface area contributed by atoms with Crippen LogP contribution in [0.4, 0.5) is 0 Å². The molecular formula is C10H14O3S. The summed E-state index contributed by atoms with van der Waals surface area (Å²) in [7, 11) is -3.93. The molecule has 0 aliphatic heterocycles. The number of benzene rings is 1. The molecule has 0 bridgehead atoms. The van der Waals surface area contributed by atoms with Crippen molar-refractivity contribution in [1.29, 1.82) is 0 Å². The van der Waals surface area contributed by atoms with E-state index in [1.807, 2.05) is 26.8 Å². The molecule has 4 heteroatoms. The van der Waals surface area contributed by atoms with Crippen LogP contribution in [0.3, 0.4) is 0 Å². The molecule has 0 aliphatic rings. The number of rotatable bonds is 2. The molecule has 0 radical (unpaired) electrons. The SMILES string of the molecule is Cc1ccc(CS(=O)(=O)O)c(C)c1C. The predicted molar refractivity (Wildman–Crippen MR) is 55.9 cm³/mol. The third-order valence-corrected chi connectivity index (χ3v) is 3.18. The minimum atomic E-state index is -3.93. The van der Waals surface area contributed by atoms with E-state index >= 15 is 0 Å². The van der Waals surface area contributed by atoms with Gasteiger partial charge in [0.2, 0.25) is 0 Å². The summed E-state index contributed by atoms with van der Waals surface area (Å²) in [6.07, 6.45) is 0. The lowest BCUT2D eigenvalue weighted by Gasteiger charge is -2.09. The van der Waals surface area contributed by atoms with Crippen molar-refractivity contribution in [2.75, 3.05) is 0 Å². The molecule has 0 saturated carbocycles. The molecule has 0 heterocycles. The van der Waals surface area contributed by atoms with Crippen molar-refractivity contribution in [3.63, 3.8) is 0 Å². The van der Waals surface area contributed by atoms with Gasteiger partial charge in [-0.25, -0.2) is 0 Å². The van der Waals surface area contributed by atoms with E-state index in [-0.39, 0.29) is 5.75 Å². The van der Waals surface area contributed by atoms with E-state index in [0.29, 0.717) is 5.56 Å². The Hall–Kier alpha value is -0.870. The summed E-state index contributed by atoms with van der Waals surface area (Å²) in [5.41, 5.74) is 3.80. The molecule has 0 amide bonds. The fraction of sp³-hybridized carbons (Fsp3) is 0.400. The van der Waals surface area contributed by atoms with Crippen LogP contribution in [-0.2, 0) is 15.9 Å². The third-order valence-electron chi connectivity index (χ3n) is 2.51. The molecule has 1 aromatic carbocycles. The molecule has 1 rings (SSSR count). The summed E-state index contributed by atoms with van der Waals surface area (Å²) in [5.74, 6) is -0.306. The van der Waals surface area contributed by atoms with E-state index in [1.165, 1.54) is 0 Å². The second kappa shape index (κ2) is 3.71. The zero-order chi connectivity index (χ0) is 10.9. The molecule has 0 saturated heterocycles. The fourth-order valence-electron chi connectivity index (χ4n) is 1.37. The monoisotopic (exact) mass is 214 g/mol. The first kappa shape index (κ1) is 11.2.